The second-order valence-corrected chi connectivity index (χ2v) is 18.8. The number of rotatable bonds is 6. The standard InChI is InChI=1S/2C6H15Ge.Zn/c2*1-4-7(5-2)6-3;/h2*4-6H2,1-3H3;. The fraction of sp³-hybridized carbons (Fsp3) is 1.00. The monoisotopic (exact) mass is 386 g/mol. The van der Waals surface area contributed by atoms with Gasteiger partial charge in [0.2, 0.25) is 0 Å². The van der Waals surface area contributed by atoms with Gasteiger partial charge in [-0.15, -0.1) is 0 Å². The molecular formula is C12H30Ge2Zn. The van der Waals surface area contributed by atoms with E-state index in [1.807, 2.05) is 0 Å². The van der Waals surface area contributed by atoms with Gasteiger partial charge in [0.1, 0.15) is 0 Å². The second-order valence-electron chi connectivity index (χ2n) is 3.62. The zero-order valence-corrected chi connectivity index (χ0v) is 19.1. The van der Waals surface area contributed by atoms with Gasteiger partial charge in [-0.1, -0.05) is 0 Å². The Balaban J connectivity index is -0.000000180. The molecule has 0 saturated carbocycles. The van der Waals surface area contributed by atoms with Crippen molar-refractivity contribution in [3.8, 4) is 0 Å². The molecule has 88 valence electrons. The van der Waals surface area contributed by atoms with Crippen molar-refractivity contribution in [1.82, 2.24) is 0 Å². The Morgan fingerprint density at radius 2 is 0.600 bits per heavy atom. The molecule has 0 aromatic carbocycles. The van der Waals surface area contributed by atoms with Crippen molar-refractivity contribution >= 4 is 28.7 Å². The van der Waals surface area contributed by atoms with Gasteiger partial charge in [-0.05, 0) is 0 Å². The summed E-state index contributed by atoms with van der Waals surface area (Å²) in [5.74, 6) is 0. The van der Waals surface area contributed by atoms with E-state index in [1.54, 1.807) is 0 Å². The first-order chi connectivity index (χ1) is 6.69. The minimum atomic E-state index is -0.403. The van der Waals surface area contributed by atoms with Crippen LogP contribution in [0.4, 0.5) is 0 Å². The van der Waals surface area contributed by atoms with Gasteiger partial charge in [-0.3, -0.25) is 0 Å². The Morgan fingerprint density at radius 3 is 0.600 bits per heavy atom. The van der Waals surface area contributed by atoms with Crippen molar-refractivity contribution in [3.05, 3.63) is 0 Å². The molecule has 0 fully saturated rings. The summed E-state index contributed by atoms with van der Waals surface area (Å²) >= 11 is -0.806. The van der Waals surface area contributed by atoms with Crippen LogP contribution in [0.1, 0.15) is 41.5 Å². The van der Waals surface area contributed by atoms with Gasteiger partial charge in [-0.25, -0.2) is 0 Å². The van der Waals surface area contributed by atoms with Gasteiger partial charge >= 0.3 is 102 Å². The van der Waals surface area contributed by atoms with Crippen molar-refractivity contribution in [2.75, 3.05) is 0 Å². The fourth-order valence-corrected chi connectivity index (χ4v) is 7.79. The predicted molar refractivity (Wildman–Crippen MR) is 74.4 cm³/mol. The summed E-state index contributed by atoms with van der Waals surface area (Å²) in [5.41, 5.74) is 0. The molecule has 15 heavy (non-hydrogen) atoms. The summed E-state index contributed by atoms with van der Waals surface area (Å²) in [6.45, 7) is 14.0. The van der Waals surface area contributed by atoms with E-state index in [0.29, 0.717) is 0 Å². The van der Waals surface area contributed by atoms with Crippen LogP contribution in [0.3, 0.4) is 0 Å². The summed E-state index contributed by atoms with van der Waals surface area (Å²) < 4.78 is 0. The molecule has 0 amide bonds. The molecule has 3 heteroatoms. The topological polar surface area (TPSA) is 0 Å². The van der Waals surface area contributed by atoms with Crippen molar-refractivity contribution in [3.63, 3.8) is 0 Å². The van der Waals surface area contributed by atoms with Gasteiger partial charge in [-0.2, -0.15) is 0 Å². The zero-order chi connectivity index (χ0) is 11.4. The van der Waals surface area contributed by atoms with Crippen LogP contribution in [0.5, 0.6) is 0 Å². The van der Waals surface area contributed by atoms with Gasteiger partial charge < -0.3 is 0 Å². The van der Waals surface area contributed by atoms with Gasteiger partial charge in [0.05, 0.1) is 0 Å². The maximum absolute atomic E-state index is 2.34. The Hall–Kier alpha value is 1.71. The van der Waals surface area contributed by atoms with Crippen LogP contribution in [0.25, 0.3) is 0 Å². The molecule has 0 spiro atoms. The number of hydrogen-bond donors (Lipinski definition) is 0. The normalized spacial score (nSPS) is 9.60. The minimum absolute atomic E-state index is 0. The molecule has 0 bridgehead atoms. The summed E-state index contributed by atoms with van der Waals surface area (Å²) in [7, 11) is 0. The maximum Gasteiger partial charge on any atom is 0 e. The molecule has 0 unspecified atom stereocenters. The fourth-order valence-electron chi connectivity index (χ4n) is 1.50. The van der Waals surface area contributed by atoms with Crippen LogP contribution in [-0.2, 0) is 19.5 Å². The van der Waals surface area contributed by atoms with Gasteiger partial charge in [0.15, 0.2) is 0 Å². The third-order valence-corrected chi connectivity index (χ3v) is 15.6. The third kappa shape index (κ3) is 15.7. The van der Waals surface area contributed by atoms with Crippen LogP contribution in [0.2, 0.25) is 31.5 Å². The third-order valence-electron chi connectivity index (χ3n) is 3.00. The Kier molecular flexibility index (Phi) is 26.5. The Bertz CT molecular complexity index is 68.6. The van der Waals surface area contributed by atoms with E-state index in [-0.39, 0.29) is 19.5 Å². The van der Waals surface area contributed by atoms with Crippen LogP contribution < -0.4 is 0 Å². The van der Waals surface area contributed by atoms with E-state index in [2.05, 4.69) is 41.5 Å². The van der Waals surface area contributed by atoms with Gasteiger partial charge in [0.25, 0.3) is 0 Å². The largest absolute Gasteiger partial charge is 0 e. The van der Waals surface area contributed by atoms with E-state index < -0.39 is 28.7 Å². The van der Waals surface area contributed by atoms with E-state index in [1.165, 1.54) is 31.5 Å². The minimum Gasteiger partial charge on any atom is 0 e. The molecule has 0 aliphatic carbocycles. The second kappa shape index (κ2) is 18.1. The summed E-state index contributed by atoms with van der Waals surface area (Å²) in [6.07, 6.45) is 0. The maximum atomic E-state index is 2.34. The van der Waals surface area contributed by atoms with E-state index in [4.69, 9.17) is 0 Å². The average Bonchev–Trinajstić information content (AvgIpc) is 2.24. The van der Waals surface area contributed by atoms with Crippen molar-refractivity contribution in [2.45, 2.75) is 73.1 Å². The summed E-state index contributed by atoms with van der Waals surface area (Å²) in [4.78, 5) is 0. The zero-order valence-electron chi connectivity index (χ0n) is 11.9. The quantitative estimate of drug-likeness (QED) is 0.560. The molecule has 0 aromatic heterocycles. The summed E-state index contributed by atoms with van der Waals surface area (Å²) in [6, 6.07) is 0. The molecule has 0 N–H and O–H groups in total. The molecular weight excluding hydrogens is 355 g/mol. The SMILES string of the molecule is C[CH2][Ge]([CH2]C)[CH2]C.C[CH2][Ge]([CH2]C)[CH2]C.[Zn]. The first kappa shape index (κ1) is 21.9. The molecule has 0 aromatic rings. The van der Waals surface area contributed by atoms with E-state index in [9.17, 15) is 0 Å². The number of hydrogen-bond acceptors (Lipinski definition) is 0. The summed E-state index contributed by atoms with van der Waals surface area (Å²) in [5, 5.41) is 9.12. The molecule has 0 aliphatic rings. The van der Waals surface area contributed by atoms with Crippen LogP contribution in [0.15, 0.2) is 0 Å². The van der Waals surface area contributed by atoms with E-state index >= 15 is 0 Å². The molecule has 0 saturated heterocycles. The Morgan fingerprint density at radius 1 is 0.467 bits per heavy atom. The van der Waals surface area contributed by atoms with E-state index in [0.717, 1.165) is 0 Å². The van der Waals surface area contributed by atoms with Crippen LogP contribution in [-0.4, -0.2) is 28.7 Å². The molecule has 2 radical (unpaired) electrons. The smallest absolute Gasteiger partial charge is 0 e. The molecule has 0 heterocycles. The Labute approximate surface area is 120 Å². The predicted octanol–water partition coefficient (Wildman–Crippen LogP) is 5.08. The van der Waals surface area contributed by atoms with Crippen molar-refractivity contribution in [2.24, 2.45) is 0 Å². The molecule has 0 nitrogen and oxygen atoms in total. The van der Waals surface area contributed by atoms with Crippen molar-refractivity contribution < 1.29 is 19.5 Å². The first-order valence-corrected chi connectivity index (χ1v) is 15.3. The molecule has 0 atom stereocenters. The molecule has 0 aliphatic heterocycles. The molecule has 0 rings (SSSR count). The van der Waals surface area contributed by atoms with Crippen LogP contribution >= 0.6 is 0 Å². The van der Waals surface area contributed by atoms with Crippen LogP contribution in [0, 0.1) is 0 Å². The first-order valence-electron chi connectivity index (χ1n) is 6.36. The van der Waals surface area contributed by atoms with Crippen molar-refractivity contribution in [1.29, 1.82) is 0 Å². The average molecular weight is 385 g/mol. The van der Waals surface area contributed by atoms with Gasteiger partial charge in [0, 0.05) is 19.5 Å².